The van der Waals surface area contributed by atoms with E-state index in [9.17, 15) is 10.1 Å². The summed E-state index contributed by atoms with van der Waals surface area (Å²) < 4.78 is 0. The summed E-state index contributed by atoms with van der Waals surface area (Å²) in [6.45, 7) is 12.9. The van der Waals surface area contributed by atoms with E-state index < -0.39 is 4.92 Å². The van der Waals surface area contributed by atoms with E-state index in [0.29, 0.717) is 11.4 Å². The summed E-state index contributed by atoms with van der Waals surface area (Å²) >= 11 is 0. The Bertz CT molecular complexity index is 554. The molecule has 1 rings (SSSR count). The smallest absolute Gasteiger partial charge is 0.258 e. The monoisotopic (exact) mass is 259 g/mol. The zero-order valence-corrected chi connectivity index (χ0v) is 11.4. The Kier molecular flexibility index (Phi) is 4.32. The molecule has 0 saturated carbocycles. The molecule has 5 heteroatoms. The van der Waals surface area contributed by atoms with Crippen molar-refractivity contribution in [2.75, 3.05) is 0 Å². The Morgan fingerprint density at radius 1 is 1.37 bits per heavy atom. The van der Waals surface area contributed by atoms with E-state index in [2.05, 4.69) is 23.3 Å². The van der Waals surface area contributed by atoms with Crippen molar-refractivity contribution in [1.29, 1.82) is 0 Å². The topological polar surface area (TPSA) is 67.9 Å². The van der Waals surface area contributed by atoms with Gasteiger partial charge in [-0.1, -0.05) is 27.4 Å². The first-order valence-corrected chi connectivity index (χ1v) is 5.75. The molecular formula is C14H17N3O2. The van der Waals surface area contributed by atoms with Crippen molar-refractivity contribution in [3.05, 3.63) is 52.2 Å². The molecule has 0 N–H and O–H groups in total. The molecule has 0 aliphatic heterocycles. The van der Waals surface area contributed by atoms with E-state index in [4.69, 9.17) is 0 Å². The van der Waals surface area contributed by atoms with Crippen LogP contribution in [0.4, 0.5) is 5.69 Å². The molecule has 5 nitrogen and oxygen atoms in total. The molecule has 0 aliphatic rings. The maximum Gasteiger partial charge on any atom is 0.270 e. The van der Waals surface area contributed by atoms with Gasteiger partial charge in [0, 0.05) is 23.9 Å². The molecule has 0 amide bonds. The predicted molar refractivity (Wildman–Crippen MR) is 78.1 cm³/mol. The van der Waals surface area contributed by atoms with Crippen LogP contribution in [0.5, 0.6) is 0 Å². The summed E-state index contributed by atoms with van der Waals surface area (Å²) in [6, 6.07) is 4.84. The number of non-ortho nitro benzene ring substituents is 1. The predicted octanol–water partition coefficient (Wildman–Crippen LogP) is 3.48. The van der Waals surface area contributed by atoms with Crippen molar-refractivity contribution in [3.63, 3.8) is 0 Å². The number of amidine groups is 1. The van der Waals surface area contributed by atoms with Crippen LogP contribution in [-0.2, 0) is 5.41 Å². The van der Waals surface area contributed by atoms with E-state index in [-0.39, 0.29) is 11.1 Å². The fourth-order valence-electron chi connectivity index (χ4n) is 1.57. The summed E-state index contributed by atoms with van der Waals surface area (Å²) in [5.41, 5.74) is 1.22. The van der Waals surface area contributed by atoms with Gasteiger partial charge in [0.25, 0.3) is 5.69 Å². The molecule has 0 aromatic heterocycles. The number of nitro benzene ring substituents is 1. The van der Waals surface area contributed by atoms with Crippen molar-refractivity contribution < 1.29 is 4.92 Å². The number of hydrogen-bond acceptors (Lipinski definition) is 3. The molecule has 0 heterocycles. The molecule has 0 atom stereocenters. The second-order valence-corrected chi connectivity index (χ2v) is 5.07. The Hall–Kier alpha value is -2.30. The van der Waals surface area contributed by atoms with Crippen LogP contribution in [-0.4, -0.2) is 17.5 Å². The third-order valence-electron chi connectivity index (χ3n) is 2.62. The fourth-order valence-corrected chi connectivity index (χ4v) is 1.57. The molecular weight excluding hydrogens is 242 g/mol. The van der Waals surface area contributed by atoms with Gasteiger partial charge in [-0.2, -0.15) is 0 Å². The quantitative estimate of drug-likeness (QED) is 0.361. The van der Waals surface area contributed by atoms with E-state index in [1.54, 1.807) is 6.07 Å². The van der Waals surface area contributed by atoms with Gasteiger partial charge in [-0.05, 0) is 23.8 Å². The van der Waals surface area contributed by atoms with Crippen molar-refractivity contribution in [2.24, 2.45) is 9.98 Å². The molecule has 0 fully saturated rings. The fraction of sp³-hybridized carbons (Fsp3) is 0.286. The minimum Gasteiger partial charge on any atom is -0.258 e. The summed E-state index contributed by atoms with van der Waals surface area (Å²) in [5, 5.41) is 11.0. The third kappa shape index (κ3) is 3.58. The lowest BCUT2D eigenvalue weighted by Crippen LogP contribution is -2.13. The molecule has 0 saturated heterocycles. The normalized spacial score (nSPS) is 12.1. The maximum absolute atomic E-state index is 11.0. The molecule has 0 aliphatic carbocycles. The van der Waals surface area contributed by atoms with Crippen LogP contribution in [0.15, 0.2) is 41.0 Å². The zero-order chi connectivity index (χ0) is 14.6. The zero-order valence-electron chi connectivity index (χ0n) is 11.4. The van der Waals surface area contributed by atoms with E-state index in [1.807, 2.05) is 26.8 Å². The van der Waals surface area contributed by atoms with Crippen LogP contribution < -0.4 is 0 Å². The third-order valence-corrected chi connectivity index (χ3v) is 2.62. The van der Waals surface area contributed by atoms with Gasteiger partial charge in [0.2, 0.25) is 0 Å². The summed E-state index contributed by atoms with van der Waals surface area (Å²) in [6.07, 6.45) is 1.33. The van der Waals surface area contributed by atoms with Crippen molar-refractivity contribution in [3.8, 4) is 0 Å². The lowest BCUT2D eigenvalue weighted by Gasteiger charge is -2.19. The van der Waals surface area contributed by atoms with E-state index in [1.165, 1.54) is 12.3 Å². The minimum absolute atomic E-state index is 0.0165. The summed E-state index contributed by atoms with van der Waals surface area (Å²) in [5.74, 6) is 0.323. The number of rotatable bonds is 3. The average molecular weight is 259 g/mol. The van der Waals surface area contributed by atoms with Crippen LogP contribution in [0.2, 0.25) is 0 Å². The second-order valence-electron chi connectivity index (χ2n) is 5.07. The van der Waals surface area contributed by atoms with Crippen LogP contribution >= 0.6 is 0 Å². The van der Waals surface area contributed by atoms with Gasteiger partial charge in [0.05, 0.1) is 4.92 Å². The summed E-state index contributed by atoms with van der Waals surface area (Å²) in [7, 11) is 0. The number of hydrogen-bond donors (Lipinski definition) is 0. The number of nitro groups is 1. The van der Waals surface area contributed by atoms with Crippen molar-refractivity contribution in [2.45, 2.75) is 26.2 Å². The van der Waals surface area contributed by atoms with Gasteiger partial charge in [0.1, 0.15) is 0 Å². The van der Waals surface area contributed by atoms with Gasteiger partial charge in [-0.25, -0.2) is 9.98 Å². The number of nitrogens with zero attached hydrogens (tertiary/aromatic N) is 3. The van der Waals surface area contributed by atoms with Crippen molar-refractivity contribution >= 4 is 18.2 Å². The summed E-state index contributed by atoms with van der Waals surface area (Å²) in [4.78, 5) is 18.3. The highest BCUT2D eigenvalue weighted by Crippen LogP contribution is 2.28. The molecule has 19 heavy (non-hydrogen) atoms. The lowest BCUT2D eigenvalue weighted by atomic mass is 9.85. The standard InChI is InChI=1S/C14H17N3O2/c1-6-16-13(15-5)10-7-11(14(2,3)4)9-12(8-10)17(18)19/h6-9H,1,5H2,2-4H3. The maximum atomic E-state index is 11.0. The SMILES string of the molecule is C=CN=C(N=C)c1cc([N+](=O)[O-])cc(C(C)(C)C)c1. The molecule has 0 bridgehead atoms. The Labute approximate surface area is 112 Å². The lowest BCUT2D eigenvalue weighted by molar-refractivity contribution is -0.385. The first kappa shape index (κ1) is 14.8. The Balaban J connectivity index is 3.52. The molecule has 0 unspecified atom stereocenters. The first-order valence-electron chi connectivity index (χ1n) is 5.75. The molecule has 1 aromatic rings. The van der Waals surface area contributed by atoms with E-state index in [0.717, 1.165) is 5.56 Å². The van der Waals surface area contributed by atoms with Crippen LogP contribution in [0.1, 0.15) is 31.9 Å². The Morgan fingerprint density at radius 2 is 2.00 bits per heavy atom. The highest BCUT2D eigenvalue weighted by Gasteiger charge is 2.20. The second kappa shape index (κ2) is 5.56. The van der Waals surface area contributed by atoms with Crippen LogP contribution in [0, 0.1) is 10.1 Å². The van der Waals surface area contributed by atoms with Gasteiger partial charge < -0.3 is 0 Å². The molecule has 1 aromatic carbocycles. The number of aliphatic imine (C=N–C) groups is 2. The van der Waals surface area contributed by atoms with E-state index >= 15 is 0 Å². The highest BCUT2D eigenvalue weighted by molar-refractivity contribution is 6.02. The molecule has 0 spiro atoms. The molecule has 0 radical (unpaired) electrons. The first-order chi connectivity index (χ1) is 8.79. The van der Waals surface area contributed by atoms with Crippen LogP contribution in [0.25, 0.3) is 0 Å². The van der Waals surface area contributed by atoms with Gasteiger partial charge in [0.15, 0.2) is 5.84 Å². The van der Waals surface area contributed by atoms with Crippen molar-refractivity contribution in [1.82, 2.24) is 0 Å². The number of benzene rings is 1. The van der Waals surface area contributed by atoms with Gasteiger partial charge in [-0.15, -0.1) is 0 Å². The van der Waals surface area contributed by atoms with Crippen LogP contribution in [0.3, 0.4) is 0 Å². The molecule has 100 valence electrons. The highest BCUT2D eigenvalue weighted by atomic mass is 16.6. The Morgan fingerprint density at radius 3 is 2.42 bits per heavy atom. The minimum atomic E-state index is -0.423. The van der Waals surface area contributed by atoms with Gasteiger partial charge >= 0.3 is 0 Å². The average Bonchev–Trinajstić information content (AvgIpc) is 2.34. The largest absolute Gasteiger partial charge is 0.270 e. The van der Waals surface area contributed by atoms with Gasteiger partial charge in [-0.3, -0.25) is 10.1 Å².